The number of benzene rings is 2. The Balaban J connectivity index is 1.87. The highest BCUT2D eigenvalue weighted by atomic mass is 16.5. The van der Waals surface area contributed by atoms with Crippen molar-refractivity contribution in [3.63, 3.8) is 0 Å². The molecule has 0 saturated carbocycles. The fourth-order valence-corrected chi connectivity index (χ4v) is 2.09. The van der Waals surface area contributed by atoms with Crippen molar-refractivity contribution in [1.29, 1.82) is 0 Å². The molecule has 0 fully saturated rings. The molecule has 0 bridgehead atoms. The molecule has 4 nitrogen and oxygen atoms in total. The van der Waals surface area contributed by atoms with E-state index in [4.69, 9.17) is 14.2 Å². The van der Waals surface area contributed by atoms with Crippen molar-refractivity contribution in [1.82, 2.24) is 0 Å². The zero-order chi connectivity index (χ0) is 18.1. The largest absolute Gasteiger partial charge is 0.494 e. The van der Waals surface area contributed by atoms with Crippen molar-refractivity contribution in [3.05, 3.63) is 54.1 Å². The molecule has 0 amide bonds. The summed E-state index contributed by atoms with van der Waals surface area (Å²) in [7, 11) is 0. The Labute approximate surface area is 149 Å². The molecule has 0 aliphatic carbocycles. The van der Waals surface area contributed by atoms with E-state index in [0.717, 1.165) is 24.3 Å². The van der Waals surface area contributed by atoms with Gasteiger partial charge < -0.3 is 14.2 Å². The minimum atomic E-state index is -0.393. The van der Waals surface area contributed by atoms with Gasteiger partial charge in [0.2, 0.25) is 0 Å². The van der Waals surface area contributed by atoms with Crippen LogP contribution in [-0.4, -0.2) is 19.2 Å². The molecule has 0 unspecified atom stereocenters. The molecule has 0 atom stereocenters. The highest BCUT2D eigenvalue weighted by Crippen LogP contribution is 2.20. The minimum Gasteiger partial charge on any atom is -0.494 e. The lowest BCUT2D eigenvalue weighted by Crippen LogP contribution is -2.08. The molecule has 0 aliphatic heterocycles. The summed E-state index contributed by atoms with van der Waals surface area (Å²) in [6.45, 7) is 7.72. The molecular weight excluding hydrogens is 316 g/mol. The Hall–Kier alpha value is -2.49. The summed E-state index contributed by atoms with van der Waals surface area (Å²) >= 11 is 0. The summed E-state index contributed by atoms with van der Waals surface area (Å²) in [5.74, 6) is 2.24. The molecule has 2 rings (SSSR count). The van der Waals surface area contributed by atoms with Gasteiger partial charge in [0.15, 0.2) is 0 Å². The number of ether oxygens (including phenoxy) is 3. The van der Waals surface area contributed by atoms with Crippen LogP contribution in [0.2, 0.25) is 0 Å². The van der Waals surface area contributed by atoms with E-state index in [1.807, 2.05) is 19.1 Å². The van der Waals surface area contributed by atoms with E-state index in [1.54, 1.807) is 36.4 Å². The Morgan fingerprint density at radius 2 is 1.36 bits per heavy atom. The van der Waals surface area contributed by atoms with Gasteiger partial charge in [-0.3, -0.25) is 0 Å². The second-order valence-electron chi connectivity index (χ2n) is 6.26. The van der Waals surface area contributed by atoms with Crippen molar-refractivity contribution in [3.8, 4) is 17.2 Å². The van der Waals surface area contributed by atoms with Crippen LogP contribution in [0.4, 0.5) is 0 Å². The lowest BCUT2D eigenvalue weighted by molar-refractivity contribution is 0.0734. The average Bonchev–Trinajstić information content (AvgIpc) is 2.61. The van der Waals surface area contributed by atoms with E-state index in [9.17, 15) is 4.79 Å². The average molecular weight is 342 g/mol. The third-order valence-electron chi connectivity index (χ3n) is 3.56. The SMILES string of the molecule is CCCOc1ccc(C(=O)Oc2ccc(OCCC(C)C)cc2)cc1. The molecule has 0 aromatic heterocycles. The van der Waals surface area contributed by atoms with E-state index in [2.05, 4.69) is 13.8 Å². The lowest BCUT2D eigenvalue weighted by Gasteiger charge is -2.09. The van der Waals surface area contributed by atoms with Gasteiger partial charge in [0.25, 0.3) is 0 Å². The van der Waals surface area contributed by atoms with Gasteiger partial charge in [0.05, 0.1) is 18.8 Å². The highest BCUT2D eigenvalue weighted by molar-refractivity contribution is 5.91. The van der Waals surface area contributed by atoms with Crippen LogP contribution in [0, 0.1) is 5.92 Å². The van der Waals surface area contributed by atoms with E-state index in [0.29, 0.717) is 30.4 Å². The third kappa shape index (κ3) is 6.49. The number of hydrogen-bond donors (Lipinski definition) is 0. The number of esters is 1. The Kier molecular flexibility index (Phi) is 7.33. The van der Waals surface area contributed by atoms with Gasteiger partial charge >= 0.3 is 5.97 Å². The number of carbonyl (C=O) groups excluding carboxylic acids is 1. The van der Waals surface area contributed by atoms with Gasteiger partial charge in [-0.1, -0.05) is 20.8 Å². The maximum atomic E-state index is 12.2. The normalized spacial score (nSPS) is 10.6. The molecule has 2 aromatic carbocycles. The molecule has 4 heteroatoms. The van der Waals surface area contributed by atoms with E-state index in [1.165, 1.54) is 0 Å². The first-order valence-corrected chi connectivity index (χ1v) is 8.76. The molecule has 2 aromatic rings. The van der Waals surface area contributed by atoms with Crippen LogP contribution in [0.5, 0.6) is 17.2 Å². The molecule has 0 spiro atoms. The second kappa shape index (κ2) is 9.72. The number of rotatable bonds is 9. The van der Waals surface area contributed by atoms with Gasteiger partial charge in [-0.15, -0.1) is 0 Å². The first-order chi connectivity index (χ1) is 12.1. The summed E-state index contributed by atoms with van der Waals surface area (Å²) in [5, 5.41) is 0. The molecule has 0 heterocycles. The predicted molar refractivity (Wildman–Crippen MR) is 98.6 cm³/mol. The van der Waals surface area contributed by atoms with Gasteiger partial charge in [-0.2, -0.15) is 0 Å². The zero-order valence-electron chi connectivity index (χ0n) is 15.2. The maximum Gasteiger partial charge on any atom is 0.343 e. The number of hydrogen-bond acceptors (Lipinski definition) is 4. The molecule has 25 heavy (non-hydrogen) atoms. The van der Waals surface area contributed by atoms with Crippen LogP contribution in [0.15, 0.2) is 48.5 Å². The Morgan fingerprint density at radius 1 is 0.840 bits per heavy atom. The number of carbonyl (C=O) groups is 1. The smallest absolute Gasteiger partial charge is 0.343 e. The predicted octanol–water partition coefficient (Wildman–Crippen LogP) is 5.12. The standard InChI is InChI=1S/C21H26O4/c1-4-14-23-18-7-5-17(6-8-18)21(22)25-20-11-9-19(10-12-20)24-15-13-16(2)3/h5-12,16H,4,13-15H2,1-3H3. The van der Waals surface area contributed by atoms with Crippen LogP contribution in [-0.2, 0) is 0 Å². The first-order valence-electron chi connectivity index (χ1n) is 8.76. The second-order valence-corrected chi connectivity index (χ2v) is 6.26. The molecule has 134 valence electrons. The highest BCUT2D eigenvalue weighted by Gasteiger charge is 2.09. The fourth-order valence-electron chi connectivity index (χ4n) is 2.09. The lowest BCUT2D eigenvalue weighted by atomic mass is 10.1. The first kappa shape index (κ1) is 18.8. The summed E-state index contributed by atoms with van der Waals surface area (Å²) in [6.07, 6.45) is 1.95. The van der Waals surface area contributed by atoms with Crippen LogP contribution in [0.25, 0.3) is 0 Å². The minimum absolute atomic E-state index is 0.393. The van der Waals surface area contributed by atoms with Crippen molar-refractivity contribution >= 4 is 5.97 Å². The summed E-state index contributed by atoms with van der Waals surface area (Å²) in [4.78, 5) is 12.2. The summed E-state index contributed by atoms with van der Waals surface area (Å²) < 4.78 is 16.5. The van der Waals surface area contributed by atoms with Crippen molar-refractivity contribution in [2.75, 3.05) is 13.2 Å². The van der Waals surface area contributed by atoms with Gasteiger partial charge in [-0.25, -0.2) is 4.79 Å². The van der Waals surface area contributed by atoms with Crippen molar-refractivity contribution < 1.29 is 19.0 Å². The van der Waals surface area contributed by atoms with E-state index >= 15 is 0 Å². The van der Waals surface area contributed by atoms with E-state index in [-0.39, 0.29) is 0 Å². The Morgan fingerprint density at radius 3 is 1.92 bits per heavy atom. The molecule has 0 saturated heterocycles. The maximum absolute atomic E-state index is 12.2. The van der Waals surface area contributed by atoms with Gasteiger partial charge in [-0.05, 0) is 67.3 Å². The van der Waals surface area contributed by atoms with Crippen molar-refractivity contribution in [2.24, 2.45) is 5.92 Å². The summed E-state index contributed by atoms with van der Waals surface area (Å²) in [6, 6.07) is 14.1. The monoisotopic (exact) mass is 342 g/mol. The molecule has 0 radical (unpaired) electrons. The topological polar surface area (TPSA) is 44.8 Å². The fraction of sp³-hybridized carbons (Fsp3) is 0.381. The molecular formula is C21H26O4. The van der Waals surface area contributed by atoms with Crippen LogP contribution in [0.1, 0.15) is 44.0 Å². The van der Waals surface area contributed by atoms with Gasteiger partial charge in [0.1, 0.15) is 17.2 Å². The zero-order valence-corrected chi connectivity index (χ0v) is 15.2. The van der Waals surface area contributed by atoms with Gasteiger partial charge in [0, 0.05) is 0 Å². The van der Waals surface area contributed by atoms with Crippen LogP contribution >= 0.6 is 0 Å². The summed E-state index contributed by atoms with van der Waals surface area (Å²) in [5.41, 5.74) is 0.487. The molecule has 0 aliphatic rings. The quantitative estimate of drug-likeness (QED) is 0.469. The van der Waals surface area contributed by atoms with Crippen LogP contribution < -0.4 is 14.2 Å². The Bertz CT molecular complexity index is 645. The third-order valence-corrected chi connectivity index (χ3v) is 3.56. The molecule has 0 N–H and O–H groups in total. The van der Waals surface area contributed by atoms with Crippen LogP contribution in [0.3, 0.4) is 0 Å². The van der Waals surface area contributed by atoms with E-state index < -0.39 is 5.97 Å². The van der Waals surface area contributed by atoms with Crippen molar-refractivity contribution in [2.45, 2.75) is 33.6 Å².